The lowest BCUT2D eigenvalue weighted by molar-refractivity contribution is -0.115. The summed E-state index contributed by atoms with van der Waals surface area (Å²) in [5.74, 6) is 0.331. The molecular formula is C17H17N3O2S. The van der Waals surface area contributed by atoms with Gasteiger partial charge in [-0.3, -0.25) is 10.1 Å². The van der Waals surface area contributed by atoms with Gasteiger partial charge in [-0.25, -0.2) is 0 Å². The highest BCUT2D eigenvalue weighted by atomic mass is 32.1. The highest BCUT2D eigenvalue weighted by Gasteiger charge is 2.12. The Balaban J connectivity index is 1.62. The van der Waals surface area contributed by atoms with Crippen LogP contribution in [-0.4, -0.2) is 16.1 Å². The predicted octanol–water partition coefficient (Wildman–Crippen LogP) is 3.52. The van der Waals surface area contributed by atoms with Gasteiger partial charge >= 0.3 is 6.01 Å². The standard InChI is InChI=1S/C17H17N3O2S/c1-11-5-6-13(12(2)8-11)9-16-19-20-17(22-16)18-15(21)10-14-4-3-7-23-14/h3-8H,9-10H2,1-2H3,(H,18,20,21). The third kappa shape index (κ3) is 4.04. The van der Waals surface area contributed by atoms with Crippen molar-refractivity contribution in [1.82, 2.24) is 10.2 Å². The molecule has 0 spiro atoms. The van der Waals surface area contributed by atoms with Crippen LogP contribution in [0.15, 0.2) is 40.1 Å². The van der Waals surface area contributed by atoms with Crippen LogP contribution in [0.2, 0.25) is 0 Å². The fourth-order valence-corrected chi connectivity index (χ4v) is 3.02. The molecule has 2 aromatic heterocycles. The summed E-state index contributed by atoms with van der Waals surface area (Å²) in [5, 5.41) is 12.5. The smallest absolute Gasteiger partial charge is 0.322 e. The molecule has 6 heteroatoms. The SMILES string of the molecule is Cc1ccc(Cc2nnc(NC(=O)Cc3cccs3)o2)c(C)c1. The van der Waals surface area contributed by atoms with Crippen LogP contribution in [0.25, 0.3) is 0 Å². The Morgan fingerprint density at radius 1 is 1.26 bits per heavy atom. The molecule has 0 fully saturated rings. The molecule has 0 aliphatic heterocycles. The van der Waals surface area contributed by atoms with Crippen LogP contribution in [0.3, 0.4) is 0 Å². The van der Waals surface area contributed by atoms with E-state index >= 15 is 0 Å². The van der Waals surface area contributed by atoms with Gasteiger partial charge in [-0.15, -0.1) is 16.4 Å². The van der Waals surface area contributed by atoms with Gasteiger partial charge in [0.25, 0.3) is 0 Å². The summed E-state index contributed by atoms with van der Waals surface area (Å²) in [6.07, 6.45) is 0.867. The van der Waals surface area contributed by atoms with Gasteiger partial charge in [-0.05, 0) is 36.4 Å². The third-order valence-corrected chi connectivity index (χ3v) is 4.34. The molecule has 0 unspecified atom stereocenters. The quantitative estimate of drug-likeness (QED) is 0.778. The second kappa shape index (κ2) is 6.75. The molecule has 1 N–H and O–H groups in total. The molecule has 0 atom stereocenters. The van der Waals surface area contributed by atoms with Gasteiger partial charge in [0.1, 0.15) is 0 Å². The monoisotopic (exact) mass is 327 g/mol. The van der Waals surface area contributed by atoms with Crippen molar-refractivity contribution in [3.8, 4) is 0 Å². The molecule has 118 valence electrons. The Morgan fingerprint density at radius 3 is 2.87 bits per heavy atom. The number of aromatic nitrogens is 2. The van der Waals surface area contributed by atoms with Crippen molar-refractivity contribution in [3.63, 3.8) is 0 Å². The zero-order valence-electron chi connectivity index (χ0n) is 13.0. The molecule has 0 saturated heterocycles. The minimum atomic E-state index is -0.158. The maximum Gasteiger partial charge on any atom is 0.322 e. The first-order valence-corrected chi connectivity index (χ1v) is 8.19. The molecular weight excluding hydrogens is 310 g/mol. The van der Waals surface area contributed by atoms with Crippen LogP contribution < -0.4 is 5.32 Å². The lowest BCUT2D eigenvalue weighted by Crippen LogP contribution is -2.13. The minimum Gasteiger partial charge on any atom is -0.407 e. The van der Waals surface area contributed by atoms with Crippen molar-refractivity contribution in [2.24, 2.45) is 0 Å². The molecule has 0 aliphatic carbocycles. The number of anilines is 1. The number of aryl methyl sites for hydroxylation is 2. The fraction of sp³-hybridized carbons (Fsp3) is 0.235. The molecule has 0 bridgehead atoms. The van der Waals surface area contributed by atoms with E-state index in [1.54, 1.807) is 11.3 Å². The normalized spacial score (nSPS) is 10.7. The first kappa shape index (κ1) is 15.4. The van der Waals surface area contributed by atoms with E-state index in [4.69, 9.17) is 4.42 Å². The molecule has 3 aromatic rings. The number of amides is 1. The van der Waals surface area contributed by atoms with E-state index in [9.17, 15) is 4.79 Å². The van der Waals surface area contributed by atoms with E-state index < -0.39 is 0 Å². The average Bonchev–Trinajstić information content (AvgIpc) is 3.14. The minimum absolute atomic E-state index is 0.145. The number of nitrogens with zero attached hydrogens (tertiary/aromatic N) is 2. The van der Waals surface area contributed by atoms with E-state index in [2.05, 4.69) is 47.6 Å². The number of carbonyl (C=O) groups is 1. The van der Waals surface area contributed by atoms with E-state index in [1.807, 2.05) is 17.5 Å². The van der Waals surface area contributed by atoms with E-state index in [-0.39, 0.29) is 11.9 Å². The van der Waals surface area contributed by atoms with Crippen molar-refractivity contribution in [2.45, 2.75) is 26.7 Å². The molecule has 1 aromatic carbocycles. The molecule has 23 heavy (non-hydrogen) atoms. The summed E-state index contributed by atoms with van der Waals surface area (Å²) in [4.78, 5) is 12.9. The number of carbonyl (C=O) groups excluding carboxylic acids is 1. The van der Waals surface area contributed by atoms with E-state index in [0.29, 0.717) is 18.7 Å². The summed E-state index contributed by atoms with van der Waals surface area (Å²) in [5.41, 5.74) is 3.54. The Labute approximate surface area is 138 Å². The van der Waals surface area contributed by atoms with E-state index in [1.165, 1.54) is 11.1 Å². The number of hydrogen-bond donors (Lipinski definition) is 1. The summed E-state index contributed by atoms with van der Waals surface area (Å²) < 4.78 is 5.51. The third-order valence-electron chi connectivity index (χ3n) is 3.47. The van der Waals surface area contributed by atoms with Crippen molar-refractivity contribution in [3.05, 3.63) is 63.2 Å². The van der Waals surface area contributed by atoms with E-state index in [0.717, 1.165) is 10.4 Å². The Hall–Kier alpha value is -2.47. The van der Waals surface area contributed by atoms with Crippen LogP contribution >= 0.6 is 11.3 Å². The number of benzene rings is 1. The van der Waals surface area contributed by atoms with Crippen LogP contribution in [-0.2, 0) is 17.6 Å². The summed E-state index contributed by atoms with van der Waals surface area (Å²) in [6.45, 7) is 4.12. The summed E-state index contributed by atoms with van der Waals surface area (Å²) in [6, 6.07) is 10.2. The second-order valence-electron chi connectivity index (χ2n) is 5.41. The maximum absolute atomic E-state index is 11.9. The van der Waals surface area contributed by atoms with Crippen molar-refractivity contribution in [1.29, 1.82) is 0 Å². The number of rotatable bonds is 5. The first-order valence-electron chi connectivity index (χ1n) is 7.31. The van der Waals surface area contributed by atoms with Crippen LogP contribution in [0.1, 0.15) is 27.5 Å². The lowest BCUT2D eigenvalue weighted by atomic mass is 10.0. The molecule has 1 amide bonds. The zero-order valence-corrected chi connectivity index (χ0v) is 13.8. The topological polar surface area (TPSA) is 68.0 Å². The van der Waals surface area contributed by atoms with Crippen molar-refractivity contribution < 1.29 is 9.21 Å². The Morgan fingerprint density at radius 2 is 2.13 bits per heavy atom. The van der Waals surface area contributed by atoms with Crippen molar-refractivity contribution >= 4 is 23.3 Å². The average molecular weight is 327 g/mol. The molecule has 5 nitrogen and oxygen atoms in total. The summed E-state index contributed by atoms with van der Waals surface area (Å²) >= 11 is 1.54. The largest absolute Gasteiger partial charge is 0.407 e. The van der Waals surface area contributed by atoms with Gasteiger partial charge in [-0.1, -0.05) is 34.9 Å². The number of nitrogens with one attached hydrogen (secondary N) is 1. The zero-order chi connectivity index (χ0) is 16.2. The van der Waals surface area contributed by atoms with Crippen molar-refractivity contribution in [2.75, 3.05) is 5.32 Å². The van der Waals surface area contributed by atoms with Gasteiger partial charge in [-0.2, -0.15) is 0 Å². The second-order valence-corrected chi connectivity index (χ2v) is 6.44. The highest BCUT2D eigenvalue weighted by molar-refractivity contribution is 7.10. The predicted molar refractivity (Wildman–Crippen MR) is 89.7 cm³/mol. The van der Waals surface area contributed by atoms with Gasteiger partial charge < -0.3 is 4.42 Å². The van der Waals surface area contributed by atoms with Crippen LogP contribution in [0.5, 0.6) is 0 Å². The van der Waals surface area contributed by atoms with Gasteiger partial charge in [0.15, 0.2) is 0 Å². The molecule has 2 heterocycles. The molecule has 3 rings (SSSR count). The number of thiophene rings is 1. The maximum atomic E-state index is 11.9. The molecule has 0 radical (unpaired) electrons. The van der Waals surface area contributed by atoms with Crippen LogP contribution in [0, 0.1) is 13.8 Å². The Bertz CT molecular complexity index is 809. The summed E-state index contributed by atoms with van der Waals surface area (Å²) in [7, 11) is 0. The Kier molecular flexibility index (Phi) is 4.52. The van der Waals surface area contributed by atoms with Crippen LogP contribution in [0.4, 0.5) is 6.01 Å². The molecule has 0 saturated carbocycles. The molecule has 0 aliphatic rings. The van der Waals surface area contributed by atoms with Gasteiger partial charge in [0.05, 0.1) is 12.8 Å². The highest BCUT2D eigenvalue weighted by Crippen LogP contribution is 2.16. The number of hydrogen-bond acceptors (Lipinski definition) is 5. The first-order chi connectivity index (χ1) is 11.1. The lowest BCUT2D eigenvalue weighted by Gasteiger charge is -2.03. The van der Waals surface area contributed by atoms with Gasteiger partial charge in [0, 0.05) is 4.88 Å². The van der Waals surface area contributed by atoms with Gasteiger partial charge in [0.2, 0.25) is 11.8 Å². The fourth-order valence-electron chi connectivity index (χ4n) is 2.32.